The molecule has 10 nitrogen and oxygen atoms in total. The van der Waals surface area contributed by atoms with E-state index in [-0.39, 0.29) is 32.0 Å². The minimum atomic E-state index is -4.08. The molecule has 0 saturated heterocycles. The summed E-state index contributed by atoms with van der Waals surface area (Å²) < 4.78 is 39.7. The molecule has 0 saturated carbocycles. The Balaban J connectivity index is 1.58. The van der Waals surface area contributed by atoms with Crippen LogP contribution in [0.1, 0.15) is 10.4 Å². The van der Waals surface area contributed by atoms with Crippen molar-refractivity contribution in [1.29, 1.82) is 0 Å². The number of carbonyl (C=O) groups excluding carboxylic acids is 1. The van der Waals surface area contributed by atoms with Crippen LogP contribution in [0.15, 0.2) is 70.0 Å². The van der Waals surface area contributed by atoms with E-state index in [0.29, 0.717) is 24.7 Å². The fourth-order valence-corrected chi connectivity index (χ4v) is 5.11. The van der Waals surface area contributed by atoms with E-state index in [1.807, 2.05) is 0 Å². The maximum Gasteiger partial charge on any atom is 0.271 e. The molecular weight excluding hydrogens is 518 g/mol. The quantitative estimate of drug-likeness (QED) is 0.358. The molecule has 33 heavy (non-hydrogen) atoms. The van der Waals surface area contributed by atoms with Crippen LogP contribution in [0.3, 0.4) is 0 Å². The number of halogens is 1. The van der Waals surface area contributed by atoms with Crippen LogP contribution in [0, 0.1) is 10.1 Å². The first-order valence-electron chi connectivity index (χ1n) is 9.51. The van der Waals surface area contributed by atoms with Gasteiger partial charge >= 0.3 is 0 Å². The molecule has 0 aliphatic carbocycles. The van der Waals surface area contributed by atoms with Gasteiger partial charge < -0.3 is 14.8 Å². The highest BCUT2D eigenvalue weighted by molar-refractivity contribution is 9.10. The number of anilines is 2. The second-order valence-electron chi connectivity index (χ2n) is 6.87. The van der Waals surface area contributed by atoms with Crippen molar-refractivity contribution in [3.8, 4) is 11.5 Å². The Hall–Kier alpha value is -3.64. The largest absolute Gasteiger partial charge is 0.486 e. The van der Waals surface area contributed by atoms with Crippen molar-refractivity contribution >= 4 is 48.9 Å². The standard InChI is InChI=1S/C21H16BrN3O7S/c22-17-6-4-13(21(26)23-14-2-1-3-16(11-14)25(27)28)10-20(17)33(29,30)24-15-5-7-18-19(12-15)32-9-8-31-18/h1-7,10-12,24H,8-9H2,(H,23,26). The number of hydrogen-bond donors (Lipinski definition) is 2. The molecule has 0 aromatic heterocycles. The third-order valence-corrected chi connectivity index (χ3v) is 6.97. The van der Waals surface area contributed by atoms with Crippen molar-refractivity contribution in [3.63, 3.8) is 0 Å². The lowest BCUT2D eigenvalue weighted by molar-refractivity contribution is -0.384. The second-order valence-corrected chi connectivity index (χ2v) is 9.38. The predicted octanol–water partition coefficient (Wildman–Crippen LogP) is 4.18. The van der Waals surface area contributed by atoms with Crippen LogP contribution in [0.5, 0.6) is 11.5 Å². The molecule has 170 valence electrons. The van der Waals surface area contributed by atoms with Crippen LogP contribution in [-0.4, -0.2) is 32.5 Å². The number of nitro groups is 1. The number of nitrogens with zero attached hydrogens (tertiary/aromatic N) is 1. The molecule has 0 unspecified atom stereocenters. The molecule has 1 aliphatic heterocycles. The third-order valence-electron chi connectivity index (χ3n) is 4.59. The average Bonchev–Trinajstić information content (AvgIpc) is 2.79. The molecule has 0 spiro atoms. The first-order chi connectivity index (χ1) is 15.7. The lowest BCUT2D eigenvalue weighted by Gasteiger charge is -2.19. The predicted molar refractivity (Wildman–Crippen MR) is 123 cm³/mol. The monoisotopic (exact) mass is 533 g/mol. The fraction of sp³-hybridized carbons (Fsp3) is 0.0952. The summed E-state index contributed by atoms with van der Waals surface area (Å²) in [4.78, 5) is 22.8. The van der Waals surface area contributed by atoms with E-state index in [4.69, 9.17) is 9.47 Å². The number of carbonyl (C=O) groups is 1. The number of non-ortho nitro benzene ring substituents is 1. The molecule has 0 atom stereocenters. The maximum atomic E-state index is 13.0. The topological polar surface area (TPSA) is 137 Å². The SMILES string of the molecule is O=C(Nc1cccc([N+](=O)[O-])c1)c1ccc(Br)c(S(=O)(=O)Nc2ccc3c(c2)OCCO3)c1. The molecule has 0 fully saturated rings. The maximum absolute atomic E-state index is 13.0. The first-order valence-corrected chi connectivity index (χ1v) is 11.8. The van der Waals surface area contributed by atoms with Gasteiger partial charge in [0.1, 0.15) is 18.1 Å². The Kier molecular flexibility index (Phi) is 6.20. The number of rotatable bonds is 6. The van der Waals surface area contributed by atoms with Crippen LogP contribution in [0.4, 0.5) is 17.1 Å². The lowest BCUT2D eigenvalue weighted by Crippen LogP contribution is -2.18. The van der Waals surface area contributed by atoms with Gasteiger partial charge in [0.05, 0.1) is 10.6 Å². The van der Waals surface area contributed by atoms with E-state index in [9.17, 15) is 23.3 Å². The number of benzene rings is 3. The molecule has 0 radical (unpaired) electrons. The average molecular weight is 534 g/mol. The summed E-state index contributed by atoms with van der Waals surface area (Å²) >= 11 is 3.21. The highest BCUT2D eigenvalue weighted by Gasteiger charge is 2.22. The number of ether oxygens (including phenoxy) is 2. The summed E-state index contributed by atoms with van der Waals surface area (Å²) in [6.45, 7) is 0.771. The number of sulfonamides is 1. The van der Waals surface area contributed by atoms with Gasteiger partial charge in [0, 0.05) is 33.9 Å². The minimum absolute atomic E-state index is 0.0484. The smallest absolute Gasteiger partial charge is 0.271 e. The summed E-state index contributed by atoms with van der Waals surface area (Å²) in [6.07, 6.45) is 0. The lowest BCUT2D eigenvalue weighted by atomic mass is 10.2. The molecule has 2 N–H and O–H groups in total. The van der Waals surface area contributed by atoms with Crippen LogP contribution in [-0.2, 0) is 10.0 Å². The summed E-state index contributed by atoms with van der Waals surface area (Å²) in [7, 11) is -4.08. The van der Waals surface area contributed by atoms with Crippen LogP contribution >= 0.6 is 15.9 Å². The van der Waals surface area contributed by atoms with E-state index < -0.39 is 20.9 Å². The normalized spacial score (nSPS) is 12.6. The first kappa shape index (κ1) is 22.6. The van der Waals surface area contributed by atoms with E-state index >= 15 is 0 Å². The zero-order valence-corrected chi connectivity index (χ0v) is 19.2. The zero-order valence-electron chi connectivity index (χ0n) is 16.8. The van der Waals surface area contributed by atoms with E-state index in [2.05, 4.69) is 26.0 Å². The molecule has 12 heteroatoms. The van der Waals surface area contributed by atoms with Gasteiger partial charge in [0.15, 0.2) is 11.5 Å². The number of amides is 1. The van der Waals surface area contributed by atoms with Crippen LogP contribution in [0.25, 0.3) is 0 Å². The fourth-order valence-electron chi connectivity index (χ4n) is 3.07. The summed E-state index contributed by atoms with van der Waals surface area (Å²) in [5.41, 5.74) is 0.330. The van der Waals surface area contributed by atoms with Crippen molar-refractivity contribution in [2.45, 2.75) is 4.90 Å². The van der Waals surface area contributed by atoms with Gasteiger partial charge in [-0.3, -0.25) is 19.6 Å². The molecular formula is C21H16BrN3O7S. The van der Waals surface area contributed by atoms with Crippen molar-refractivity contribution < 1.29 is 27.6 Å². The molecule has 1 aliphatic rings. The number of nitrogens with one attached hydrogen (secondary N) is 2. The molecule has 0 bridgehead atoms. The molecule has 3 aromatic carbocycles. The van der Waals surface area contributed by atoms with Crippen LogP contribution in [0.2, 0.25) is 0 Å². The molecule has 4 rings (SSSR count). The van der Waals surface area contributed by atoms with Crippen LogP contribution < -0.4 is 19.5 Å². The molecule has 3 aromatic rings. The van der Waals surface area contributed by atoms with E-state index in [1.165, 1.54) is 54.6 Å². The van der Waals surface area contributed by atoms with Gasteiger partial charge in [-0.25, -0.2) is 8.42 Å². The Morgan fingerprint density at radius 3 is 2.48 bits per heavy atom. The Morgan fingerprint density at radius 2 is 1.73 bits per heavy atom. The van der Waals surface area contributed by atoms with E-state index in [0.717, 1.165) is 0 Å². The number of hydrogen-bond acceptors (Lipinski definition) is 7. The summed E-state index contributed by atoms with van der Waals surface area (Å²) in [6, 6.07) is 14.1. The highest BCUT2D eigenvalue weighted by Crippen LogP contribution is 2.34. The Bertz CT molecular complexity index is 1360. The molecule has 1 amide bonds. The molecule has 1 heterocycles. The summed E-state index contributed by atoms with van der Waals surface area (Å²) in [5.74, 6) is 0.314. The number of fused-ring (bicyclic) bond motifs is 1. The Morgan fingerprint density at radius 1 is 0.970 bits per heavy atom. The number of nitro benzene ring substituents is 1. The minimum Gasteiger partial charge on any atom is -0.486 e. The van der Waals surface area contributed by atoms with Crippen molar-refractivity contribution in [2.24, 2.45) is 0 Å². The van der Waals surface area contributed by atoms with Gasteiger partial charge in [0.2, 0.25) is 0 Å². The van der Waals surface area contributed by atoms with Gasteiger partial charge in [-0.2, -0.15) is 0 Å². The van der Waals surface area contributed by atoms with Crippen molar-refractivity contribution in [3.05, 3.63) is 80.8 Å². The van der Waals surface area contributed by atoms with Gasteiger partial charge in [-0.05, 0) is 52.3 Å². The Labute approximate surface area is 196 Å². The van der Waals surface area contributed by atoms with Gasteiger partial charge in [-0.15, -0.1) is 0 Å². The third kappa shape index (κ3) is 5.07. The summed E-state index contributed by atoms with van der Waals surface area (Å²) in [5, 5.41) is 13.5. The van der Waals surface area contributed by atoms with E-state index in [1.54, 1.807) is 6.07 Å². The zero-order chi connectivity index (χ0) is 23.6. The van der Waals surface area contributed by atoms with Gasteiger partial charge in [0.25, 0.3) is 21.6 Å². The highest BCUT2D eigenvalue weighted by atomic mass is 79.9. The second kappa shape index (κ2) is 9.08. The van der Waals surface area contributed by atoms with Gasteiger partial charge in [-0.1, -0.05) is 6.07 Å². The van der Waals surface area contributed by atoms with Crippen molar-refractivity contribution in [2.75, 3.05) is 23.3 Å². The van der Waals surface area contributed by atoms with Crippen molar-refractivity contribution in [1.82, 2.24) is 0 Å².